The summed E-state index contributed by atoms with van der Waals surface area (Å²) >= 11 is 3.53. The van der Waals surface area contributed by atoms with Crippen molar-refractivity contribution >= 4 is 39.1 Å². The number of thioether (sulfide) groups is 1. The second kappa shape index (κ2) is 7.55. The number of aromatic nitrogens is 2. The predicted molar refractivity (Wildman–Crippen MR) is 110 cm³/mol. The topological polar surface area (TPSA) is 49.2 Å². The summed E-state index contributed by atoms with van der Waals surface area (Å²) in [5.74, 6) is 2.69. The molecule has 4 nitrogen and oxygen atoms in total. The van der Waals surface area contributed by atoms with Crippen molar-refractivity contribution in [3.05, 3.63) is 46.6 Å². The van der Waals surface area contributed by atoms with Crippen molar-refractivity contribution in [2.75, 3.05) is 18.0 Å². The SMILES string of the molecule is Cc1sc2nc(CSc3ccccc3)nc(N3CCC(O)CC3)c2c1C. The van der Waals surface area contributed by atoms with E-state index in [1.807, 2.05) is 6.07 Å². The van der Waals surface area contributed by atoms with Gasteiger partial charge in [0.15, 0.2) is 0 Å². The second-order valence-corrected chi connectivity index (χ2v) is 9.00. The van der Waals surface area contributed by atoms with Gasteiger partial charge in [-0.3, -0.25) is 0 Å². The van der Waals surface area contributed by atoms with Crippen molar-refractivity contribution in [2.45, 2.75) is 43.4 Å². The van der Waals surface area contributed by atoms with Crippen LogP contribution < -0.4 is 4.90 Å². The molecule has 136 valence electrons. The second-order valence-electron chi connectivity index (χ2n) is 6.75. The van der Waals surface area contributed by atoms with Gasteiger partial charge in [-0.15, -0.1) is 23.1 Å². The number of hydrogen-bond donors (Lipinski definition) is 1. The minimum Gasteiger partial charge on any atom is -0.393 e. The number of thiophene rings is 1. The van der Waals surface area contributed by atoms with E-state index in [1.54, 1.807) is 23.1 Å². The first kappa shape index (κ1) is 17.8. The van der Waals surface area contributed by atoms with Gasteiger partial charge in [0.2, 0.25) is 0 Å². The summed E-state index contributed by atoms with van der Waals surface area (Å²) in [6, 6.07) is 10.4. The van der Waals surface area contributed by atoms with Crippen molar-refractivity contribution < 1.29 is 5.11 Å². The summed E-state index contributed by atoms with van der Waals surface area (Å²) in [6.45, 7) is 6.03. The molecule has 2 aromatic heterocycles. The van der Waals surface area contributed by atoms with Crippen LogP contribution in [0.3, 0.4) is 0 Å². The lowest BCUT2D eigenvalue weighted by Crippen LogP contribution is -2.36. The zero-order valence-electron chi connectivity index (χ0n) is 15.1. The largest absolute Gasteiger partial charge is 0.393 e. The molecule has 3 aromatic rings. The van der Waals surface area contributed by atoms with Gasteiger partial charge < -0.3 is 10.0 Å². The van der Waals surface area contributed by atoms with Crippen LogP contribution >= 0.6 is 23.1 Å². The Labute approximate surface area is 162 Å². The van der Waals surface area contributed by atoms with Crippen molar-refractivity contribution in [3.8, 4) is 0 Å². The molecule has 1 saturated heterocycles. The van der Waals surface area contributed by atoms with Gasteiger partial charge in [0.05, 0.1) is 17.2 Å². The molecular formula is C20H23N3OS2. The molecule has 0 aliphatic carbocycles. The van der Waals surface area contributed by atoms with E-state index in [4.69, 9.17) is 9.97 Å². The fraction of sp³-hybridized carbons (Fsp3) is 0.400. The molecule has 26 heavy (non-hydrogen) atoms. The van der Waals surface area contributed by atoms with Crippen molar-refractivity contribution in [1.29, 1.82) is 0 Å². The van der Waals surface area contributed by atoms with Gasteiger partial charge in [-0.25, -0.2) is 9.97 Å². The van der Waals surface area contributed by atoms with E-state index in [0.29, 0.717) is 0 Å². The first-order valence-electron chi connectivity index (χ1n) is 8.99. The summed E-state index contributed by atoms with van der Waals surface area (Å²) in [4.78, 5) is 15.8. The highest BCUT2D eigenvalue weighted by Crippen LogP contribution is 2.36. The van der Waals surface area contributed by atoms with E-state index in [1.165, 1.54) is 20.7 Å². The van der Waals surface area contributed by atoms with Gasteiger partial charge in [-0.1, -0.05) is 18.2 Å². The van der Waals surface area contributed by atoms with Crippen LogP contribution in [0.5, 0.6) is 0 Å². The summed E-state index contributed by atoms with van der Waals surface area (Å²) in [7, 11) is 0. The fourth-order valence-corrected chi connectivity index (χ4v) is 5.12. The number of rotatable bonds is 4. The first-order chi connectivity index (χ1) is 12.6. The Kier molecular flexibility index (Phi) is 5.16. The van der Waals surface area contributed by atoms with Gasteiger partial charge in [0, 0.05) is 22.9 Å². The molecule has 1 N–H and O–H groups in total. The minimum absolute atomic E-state index is 0.179. The smallest absolute Gasteiger partial charge is 0.142 e. The Morgan fingerprint density at radius 2 is 1.88 bits per heavy atom. The highest BCUT2D eigenvalue weighted by molar-refractivity contribution is 7.98. The lowest BCUT2D eigenvalue weighted by molar-refractivity contribution is 0.145. The van der Waals surface area contributed by atoms with Crippen LogP contribution in [0.4, 0.5) is 5.82 Å². The maximum Gasteiger partial charge on any atom is 0.142 e. The molecule has 0 saturated carbocycles. The number of anilines is 1. The molecule has 0 atom stereocenters. The summed E-state index contributed by atoms with van der Waals surface area (Å²) < 4.78 is 0. The standard InChI is InChI=1S/C20H23N3OS2/c1-13-14(2)26-20-18(13)19(23-10-8-15(24)9-11-23)21-17(22-20)12-25-16-6-4-3-5-7-16/h3-7,15,24H,8-12H2,1-2H3. The van der Waals surface area contributed by atoms with E-state index in [0.717, 1.165) is 48.2 Å². The van der Waals surface area contributed by atoms with Crippen LogP contribution in [-0.2, 0) is 5.75 Å². The van der Waals surface area contributed by atoms with E-state index < -0.39 is 0 Å². The summed E-state index contributed by atoms with van der Waals surface area (Å²) in [6.07, 6.45) is 1.44. The van der Waals surface area contributed by atoms with Gasteiger partial charge in [-0.05, 0) is 44.4 Å². The van der Waals surface area contributed by atoms with E-state index in [2.05, 4.69) is 43.0 Å². The highest BCUT2D eigenvalue weighted by atomic mass is 32.2. The number of aryl methyl sites for hydroxylation is 2. The molecule has 1 aliphatic rings. The average Bonchev–Trinajstić information content (AvgIpc) is 2.95. The third-order valence-electron chi connectivity index (χ3n) is 4.93. The number of nitrogens with zero attached hydrogens (tertiary/aromatic N) is 3. The zero-order chi connectivity index (χ0) is 18.1. The van der Waals surface area contributed by atoms with E-state index in [-0.39, 0.29) is 6.10 Å². The molecule has 4 rings (SSSR count). The highest BCUT2D eigenvalue weighted by Gasteiger charge is 2.23. The van der Waals surface area contributed by atoms with Crippen molar-refractivity contribution in [3.63, 3.8) is 0 Å². The van der Waals surface area contributed by atoms with Gasteiger partial charge >= 0.3 is 0 Å². The quantitative estimate of drug-likeness (QED) is 0.667. The molecule has 6 heteroatoms. The number of piperidine rings is 1. The summed E-state index contributed by atoms with van der Waals surface area (Å²) in [5, 5.41) is 11.0. The predicted octanol–water partition coefficient (Wildman–Crippen LogP) is 4.56. The van der Waals surface area contributed by atoms with Gasteiger partial charge in [0.1, 0.15) is 16.5 Å². The molecular weight excluding hydrogens is 362 g/mol. The van der Waals surface area contributed by atoms with Gasteiger partial charge in [0.25, 0.3) is 0 Å². The third kappa shape index (κ3) is 3.59. The summed E-state index contributed by atoms with van der Waals surface area (Å²) in [5.41, 5.74) is 1.29. The Morgan fingerprint density at radius 1 is 1.15 bits per heavy atom. The van der Waals surface area contributed by atoms with Crippen LogP contribution in [0.25, 0.3) is 10.2 Å². The van der Waals surface area contributed by atoms with Crippen LogP contribution in [0.1, 0.15) is 29.1 Å². The van der Waals surface area contributed by atoms with Crippen LogP contribution in [-0.4, -0.2) is 34.3 Å². The normalized spacial score (nSPS) is 15.7. The number of aliphatic hydroxyl groups is 1. The number of benzene rings is 1. The van der Waals surface area contributed by atoms with E-state index >= 15 is 0 Å². The maximum absolute atomic E-state index is 9.85. The number of fused-ring (bicyclic) bond motifs is 1. The first-order valence-corrected chi connectivity index (χ1v) is 10.8. The molecule has 1 aliphatic heterocycles. The Balaban J connectivity index is 1.68. The number of hydrogen-bond acceptors (Lipinski definition) is 6. The fourth-order valence-electron chi connectivity index (χ4n) is 3.31. The minimum atomic E-state index is -0.179. The molecule has 0 bridgehead atoms. The van der Waals surface area contributed by atoms with Crippen molar-refractivity contribution in [1.82, 2.24) is 9.97 Å². The van der Waals surface area contributed by atoms with Crippen LogP contribution in [0, 0.1) is 13.8 Å². The molecule has 1 fully saturated rings. The monoisotopic (exact) mass is 385 g/mol. The molecule has 3 heterocycles. The lowest BCUT2D eigenvalue weighted by atomic mass is 10.1. The average molecular weight is 386 g/mol. The Morgan fingerprint density at radius 3 is 2.62 bits per heavy atom. The van der Waals surface area contributed by atoms with Gasteiger partial charge in [-0.2, -0.15) is 0 Å². The maximum atomic E-state index is 9.85. The lowest BCUT2D eigenvalue weighted by Gasteiger charge is -2.31. The molecule has 0 amide bonds. The molecule has 0 spiro atoms. The third-order valence-corrected chi connectivity index (χ3v) is 7.04. The number of aliphatic hydroxyl groups excluding tert-OH is 1. The van der Waals surface area contributed by atoms with Crippen molar-refractivity contribution in [2.24, 2.45) is 0 Å². The van der Waals surface area contributed by atoms with Crippen LogP contribution in [0.2, 0.25) is 0 Å². The molecule has 0 radical (unpaired) electrons. The Bertz CT molecular complexity index is 902. The Hall–Kier alpha value is -1.63. The zero-order valence-corrected chi connectivity index (χ0v) is 16.7. The molecule has 0 unspecified atom stereocenters. The van der Waals surface area contributed by atoms with Crippen LogP contribution in [0.15, 0.2) is 35.2 Å². The molecule has 1 aromatic carbocycles. The van der Waals surface area contributed by atoms with E-state index in [9.17, 15) is 5.11 Å².